The maximum atomic E-state index is 13.2. The van der Waals surface area contributed by atoms with Gasteiger partial charge in [0.15, 0.2) is 11.5 Å². The largest absolute Gasteiger partial charge is 0.497 e. The Hall–Kier alpha value is -5.13. The molecule has 0 fully saturated rings. The average molecular weight is 563 g/mol. The van der Waals surface area contributed by atoms with Crippen LogP contribution in [0.4, 0.5) is 24.7 Å². The third-order valence-electron chi connectivity index (χ3n) is 6.39. The summed E-state index contributed by atoms with van der Waals surface area (Å²) in [7, 11) is 2.71. The fourth-order valence-corrected chi connectivity index (χ4v) is 4.35. The van der Waals surface area contributed by atoms with Crippen molar-refractivity contribution in [3.63, 3.8) is 0 Å². The number of aromatic nitrogens is 4. The molecule has 0 aliphatic rings. The molecule has 5 aromatic rings. The highest BCUT2D eigenvalue weighted by Gasteiger charge is 2.35. The quantitative estimate of drug-likeness (QED) is 0.262. The molecule has 0 saturated heterocycles. The van der Waals surface area contributed by atoms with Crippen molar-refractivity contribution in [2.24, 2.45) is 0 Å². The van der Waals surface area contributed by atoms with Gasteiger partial charge in [0, 0.05) is 11.8 Å². The molecular formula is C29H25F3N6O3. The molecule has 12 heteroatoms. The standard InChI is InChI=1S/C29H25F3N6O3/c1-40-22-9-5-18(6-10-22)16-38-27-23(26(33)37-38)12-20(14-34-27)19-7-3-17(4-8-19)11-25(39)36-21-13-24(29(30,31)32)28(41-2)35-15-21/h3-10,12-15H,11,16H2,1-2H3,(H2,33,37)(H,36,39). The zero-order valence-electron chi connectivity index (χ0n) is 22.1. The van der Waals surface area contributed by atoms with Crippen molar-refractivity contribution in [1.29, 1.82) is 0 Å². The molecule has 5 rings (SSSR count). The van der Waals surface area contributed by atoms with Crippen molar-refractivity contribution in [1.82, 2.24) is 19.7 Å². The van der Waals surface area contributed by atoms with Crippen molar-refractivity contribution in [3.8, 4) is 22.8 Å². The molecule has 0 spiro atoms. The number of alkyl halides is 3. The van der Waals surface area contributed by atoms with Crippen LogP contribution in [0.1, 0.15) is 16.7 Å². The van der Waals surface area contributed by atoms with E-state index in [0.29, 0.717) is 29.0 Å². The summed E-state index contributed by atoms with van der Waals surface area (Å²) in [6.07, 6.45) is -1.88. The van der Waals surface area contributed by atoms with Crippen LogP contribution in [-0.2, 0) is 23.9 Å². The van der Waals surface area contributed by atoms with Crippen molar-refractivity contribution >= 4 is 28.4 Å². The van der Waals surface area contributed by atoms with Crippen molar-refractivity contribution in [2.45, 2.75) is 19.1 Å². The molecule has 41 heavy (non-hydrogen) atoms. The van der Waals surface area contributed by atoms with E-state index in [2.05, 4.69) is 25.1 Å². The first-order chi connectivity index (χ1) is 19.6. The Labute approximate surface area is 232 Å². The Morgan fingerprint density at radius 1 is 0.927 bits per heavy atom. The van der Waals surface area contributed by atoms with Crippen molar-refractivity contribution in [3.05, 3.63) is 89.7 Å². The Bertz CT molecular complexity index is 1700. The highest BCUT2D eigenvalue weighted by molar-refractivity contribution is 5.92. The number of nitrogen functional groups attached to an aromatic ring is 1. The number of carbonyl (C=O) groups excluding carboxylic acids is 1. The van der Waals surface area contributed by atoms with Gasteiger partial charge >= 0.3 is 6.18 Å². The fraction of sp³-hybridized carbons (Fsp3) is 0.172. The second kappa shape index (κ2) is 11.2. The van der Waals surface area contributed by atoms with Gasteiger partial charge in [-0.1, -0.05) is 36.4 Å². The zero-order chi connectivity index (χ0) is 29.1. The summed E-state index contributed by atoms with van der Waals surface area (Å²) in [5.41, 5.74) is 9.06. The number of nitrogens with one attached hydrogen (secondary N) is 1. The molecule has 2 aromatic carbocycles. The minimum Gasteiger partial charge on any atom is -0.497 e. The van der Waals surface area contributed by atoms with Gasteiger partial charge in [-0.05, 0) is 41.0 Å². The number of halogens is 3. The van der Waals surface area contributed by atoms with Gasteiger partial charge in [0.1, 0.15) is 11.3 Å². The van der Waals surface area contributed by atoms with Crippen LogP contribution in [0.2, 0.25) is 0 Å². The Kier molecular flexibility index (Phi) is 7.47. The van der Waals surface area contributed by atoms with Crippen LogP contribution in [-0.4, -0.2) is 39.9 Å². The second-order valence-electron chi connectivity index (χ2n) is 9.19. The Balaban J connectivity index is 1.28. The van der Waals surface area contributed by atoms with E-state index in [-0.39, 0.29) is 12.1 Å². The van der Waals surface area contributed by atoms with Crippen LogP contribution in [0.5, 0.6) is 11.6 Å². The maximum Gasteiger partial charge on any atom is 0.421 e. The van der Waals surface area contributed by atoms with Gasteiger partial charge < -0.3 is 20.5 Å². The van der Waals surface area contributed by atoms with Gasteiger partial charge in [0.25, 0.3) is 0 Å². The summed E-state index contributed by atoms with van der Waals surface area (Å²) in [5.74, 6) is 0.0722. The minimum atomic E-state index is -4.67. The molecule has 0 bridgehead atoms. The van der Waals surface area contributed by atoms with E-state index < -0.39 is 23.5 Å². The third kappa shape index (κ3) is 6.06. The van der Waals surface area contributed by atoms with E-state index in [4.69, 9.17) is 10.5 Å². The van der Waals surface area contributed by atoms with Crippen molar-refractivity contribution in [2.75, 3.05) is 25.3 Å². The lowest BCUT2D eigenvalue weighted by Gasteiger charge is -2.13. The number of nitrogens with zero attached hydrogens (tertiary/aromatic N) is 4. The fourth-order valence-electron chi connectivity index (χ4n) is 4.35. The predicted octanol–water partition coefficient (Wildman–Crippen LogP) is 5.34. The van der Waals surface area contributed by atoms with Gasteiger partial charge in [0.05, 0.1) is 44.5 Å². The van der Waals surface area contributed by atoms with Gasteiger partial charge in [-0.25, -0.2) is 14.6 Å². The topological polar surface area (TPSA) is 117 Å². The number of hydrogen-bond donors (Lipinski definition) is 2. The Morgan fingerprint density at radius 2 is 1.63 bits per heavy atom. The second-order valence-corrected chi connectivity index (χ2v) is 9.19. The Morgan fingerprint density at radius 3 is 2.29 bits per heavy atom. The lowest BCUT2D eigenvalue weighted by Crippen LogP contribution is -2.16. The number of benzene rings is 2. The summed E-state index contributed by atoms with van der Waals surface area (Å²) in [6.45, 7) is 0.491. The molecule has 3 aromatic heterocycles. The van der Waals surface area contributed by atoms with Crippen LogP contribution in [0.3, 0.4) is 0 Å². The summed E-state index contributed by atoms with van der Waals surface area (Å²) in [6, 6.07) is 17.6. The number of pyridine rings is 2. The molecule has 0 radical (unpaired) electrons. The number of amides is 1. The number of nitrogens with two attached hydrogens (primary N) is 1. The highest BCUT2D eigenvalue weighted by atomic mass is 19.4. The number of methoxy groups -OCH3 is 2. The molecule has 1 amide bonds. The smallest absolute Gasteiger partial charge is 0.421 e. The van der Waals surface area contributed by atoms with Crippen LogP contribution in [0.15, 0.2) is 73.1 Å². The van der Waals surface area contributed by atoms with Gasteiger partial charge in [-0.3, -0.25) is 4.79 Å². The number of carbonyl (C=O) groups is 1. The predicted molar refractivity (Wildman–Crippen MR) is 148 cm³/mol. The van der Waals surface area contributed by atoms with Crippen molar-refractivity contribution < 1.29 is 27.4 Å². The van der Waals surface area contributed by atoms with Gasteiger partial charge in [0.2, 0.25) is 11.8 Å². The first-order valence-electron chi connectivity index (χ1n) is 12.4. The molecule has 3 N–H and O–H groups in total. The maximum absolute atomic E-state index is 13.2. The first kappa shape index (κ1) is 27.4. The number of rotatable bonds is 8. The first-order valence-corrected chi connectivity index (χ1v) is 12.4. The summed E-state index contributed by atoms with van der Waals surface area (Å²) >= 11 is 0. The van der Waals surface area contributed by atoms with Gasteiger partial charge in [-0.2, -0.15) is 18.3 Å². The van der Waals surface area contributed by atoms with E-state index in [1.807, 2.05) is 42.5 Å². The van der Waals surface area contributed by atoms with E-state index in [1.165, 1.54) is 0 Å². The summed E-state index contributed by atoms with van der Waals surface area (Å²) < 4.78 is 51.4. The number of fused-ring (bicyclic) bond motifs is 1. The molecular weight excluding hydrogens is 537 g/mol. The van der Waals surface area contributed by atoms with E-state index in [9.17, 15) is 18.0 Å². The highest BCUT2D eigenvalue weighted by Crippen LogP contribution is 2.36. The third-order valence-corrected chi connectivity index (χ3v) is 6.39. The SMILES string of the molecule is COc1ccc(Cn2nc(N)c3cc(-c4ccc(CC(=O)Nc5cnc(OC)c(C(F)(F)F)c5)cc4)cnc32)cc1. The molecule has 0 aliphatic carbocycles. The van der Waals surface area contributed by atoms with E-state index in [0.717, 1.165) is 41.8 Å². The molecule has 3 heterocycles. The summed E-state index contributed by atoms with van der Waals surface area (Å²) in [5, 5.41) is 7.62. The number of hydrogen-bond acceptors (Lipinski definition) is 7. The number of ether oxygens (including phenoxy) is 2. The van der Waals surface area contributed by atoms with E-state index in [1.54, 1.807) is 30.1 Å². The molecule has 210 valence electrons. The molecule has 0 unspecified atom stereocenters. The number of anilines is 2. The van der Waals surface area contributed by atoms with E-state index >= 15 is 0 Å². The monoisotopic (exact) mass is 562 g/mol. The molecule has 0 aliphatic heterocycles. The van der Waals surface area contributed by atoms with Crippen LogP contribution in [0, 0.1) is 0 Å². The lowest BCUT2D eigenvalue weighted by molar-refractivity contribution is -0.139. The molecule has 0 atom stereocenters. The van der Waals surface area contributed by atoms with Crippen LogP contribution >= 0.6 is 0 Å². The van der Waals surface area contributed by atoms with Gasteiger partial charge in [-0.15, -0.1) is 0 Å². The molecule has 0 saturated carbocycles. The zero-order valence-corrected chi connectivity index (χ0v) is 22.1. The minimum absolute atomic E-state index is 0.0456. The van der Waals surface area contributed by atoms with Crippen LogP contribution < -0.4 is 20.5 Å². The lowest BCUT2D eigenvalue weighted by atomic mass is 10.0. The average Bonchev–Trinajstić information content (AvgIpc) is 3.27. The normalized spacial score (nSPS) is 11.4. The molecule has 9 nitrogen and oxygen atoms in total. The summed E-state index contributed by atoms with van der Waals surface area (Å²) in [4.78, 5) is 20.8. The van der Waals surface area contributed by atoms with Crippen LogP contribution in [0.25, 0.3) is 22.2 Å².